The van der Waals surface area contributed by atoms with Crippen molar-refractivity contribution in [3.63, 3.8) is 0 Å². The maximum Gasteiger partial charge on any atom is 0.522 e. The number of halogens is 4. The lowest BCUT2D eigenvalue weighted by atomic mass is 9.81. The van der Waals surface area contributed by atoms with Gasteiger partial charge in [0.15, 0.2) is 0 Å². The van der Waals surface area contributed by atoms with Crippen LogP contribution in [0.2, 0.25) is 0 Å². The Morgan fingerprint density at radius 1 is 1.38 bits per heavy atom. The van der Waals surface area contributed by atoms with E-state index in [2.05, 4.69) is 26.0 Å². The Balaban J connectivity index is 1.89. The van der Waals surface area contributed by atoms with Crippen molar-refractivity contribution in [2.75, 3.05) is 12.4 Å². The fourth-order valence-corrected chi connectivity index (χ4v) is 2.41. The van der Waals surface area contributed by atoms with Crippen molar-refractivity contribution >= 4 is 27.5 Å². The Morgan fingerprint density at radius 3 is 2.62 bits per heavy atom. The van der Waals surface area contributed by atoms with E-state index in [0.717, 1.165) is 4.47 Å². The van der Waals surface area contributed by atoms with Gasteiger partial charge in [-0.1, -0.05) is 15.9 Å². The minimum Gasteiger partial charge on any atom is -0.495 e. The van der Waals surface area contributed by atoms with E-state index >= 15 is 0 Å². The molecule has 0 radical (unpaired) electrons. The van der Waals surface area contributed by atoms with Crippen LogP contribution in [0.15, 0.2) is 22.7 Å². The summed E-state index contributed by atoms with van der Waals surface area (Å²) in [6.45, 7) is 0. The van der Waals surface area contributed by atoms with Crippen LogP contribution in [-0.4, -0.2) is 25.5 Å². The van der Waals surface area contributed by atoms with Crippen molar-refractivity contribution in [2.24, 2.45) is 5.92 Å². The van der Waals surface area contributed by atoms with E-state index in [9.17, 15) is 18.0 Å². The SMILES string of the molecule is COc1cc(Br)ccc1NC(=O)C1CC(OC(F)(F)F)C1. The van der Waals surface area contributed by atoms with Crippen LogP contribution in [0.4, 0.5) is 18.9 Å². The highest BCUT2D eigenvalue weighted by atomic mass is 79.9. The van der Waals surface area contributed by atoms with Crippen LogP contribution in [0.5, 0.6) is 5.75 Å². The number of carbonyl (C=O) groups is 1. The van der Waals surface area contributed by atoms with E-state index in [-0.39, 0.29) is 18.7 Å². The van der Waals surface area contributed by atoms with Gasteiger partial charge in [-0.15, -0.1) is 13.2 Å². The molecule has 116 valence electrons. The zero-order valence-corrected chi connectivity index (χ0v) is 12.6. The quantitative estimate of drug-likeness (QED) is 0.882. The van der Waals surface area contributed by atoms with E-state index in [1.165, 1.54) is 7.11 Å². The molecule has 1 aliphatic rings. The van der Waals surface area contributed by atoms with Crippen molar-refractivity contribution < 1.29 is 27.4 Å². The first-order valence-electron chi connectivity index (χ1n) is 6.17. The molecule has 1 N–H and O–H groups in total. The van der Waals surface area contributed by atoms with E-state index < -0.39 is 18.4 Å². The first-order chi connectivity index (χ1) is 9.78. The van der Waals surface area contributed by atoms with Crippen molar-refractivity contribution in [3.05, 3.63) is 22.7 Å². The fourth-order valence-electron chi connectivity index (χ4n) is 2.07. The first-order valence-corrected chi connectivity index (χ1v) is 6.96. The second kappa shape index (κ2) is 6.23. The maximum atomic E-state index is 12.0. The average Bonchev–Trinajstić information content (AvgIpc) is 2.34. The van der Waals surface area contributed by atoms with E-state index in [0.29, 0.717) is 11.4 Å². The second-order valence-electron chi connectivity index (χ2n) is 4.69. The lowest BCUT2D eigenvalue weighted by molar-refractivity contribution is -0.353. The summed E-state index contributed by atoms with van der Waals surface area (Å²) in [6.07, 6.45) is -5.47. The molecule has 21 heavy (non-hydrogen) atoms. The van der Waals surface area contributed by atoms with Gasteiger partial charge in [0, 0.05) is 10.4 Å². The number of ether oxygens (including phenoxy) is 2. The van der Waals surface area contributed by atoms with Gasteiger partial charge in [-0.25, -0.2) is 0 Å². The molecular weight excluding hydrogens is 355 g/mol. The summed E-state index contributed by atoms with van der Waals surface area (Å²) in [7, 11) is 1.47. The Hall–Kier alpha value is -1.28. The molecule has 0 atom stereocenters. The molecule has 0 aliphatic heterocycles. The van der Waals surface area contributed by atoms with Gasteiger partial charge >= 0.3 is 6.36 Å². The summed E-state index contributed by atoms with van der Waals surface area (Å²) < 4.78 is 45.8. The van der Waals surface area contributed by atoms with E-state index in [1.807, 2.05) is 0 Å². The van der Waals surface area contributed by atoms with Crippen molar-refractivity contribution in [3.8, 4) is 5.75 Å². The van der Waals surface area contributed by atoms with Crippen LogP contribution in [-0.2, 0) is 9.53 Å². The minimum atomic E-state index is -4.65. The smallest absolute Gasteiger partial charge is 0.495 e. The molecule has 8 heteroatoms. The summed E-state index contributed by atoms with van der Waals surface area (Å²) in [5.41, 5.74) is 0.478. The third kappa shape index (κ3) is 4.34. The van der Waals surface area contributed by atoms with Gasteiger partial charge in [-0.3, -0.25) is 9.53 Å². The van der Waals surface area contributed by atoms with Gasteiger partial charge in [-0.05, 0) is 31.0 Å². The molecule has 0 spiro atoms. The van der Waals surface area contributed by atoms with Crippen LogP contribution in [0.25, 0.3) is 0 Å². The molecule has 0 heterocycles. The number of methoxy groups -OCH3 is 1. The Kier molecular flexibility index (Phi) is 4.77. The predicted molar refractivity (Wildman–Crippen MR) is 73.0 cm³/mol. The van der Waals surface area contributed by atoms with Crippen LogP contribution >= 0.6 is 15.9 Å². The number of hydrogen-bond acceptors (Lipinski definition) is 3. The maximum absolute atomic E-state index is 12.0. The Bertz CT molecular complexity index is 530. The molecule has 4 nitrogen and oxygen atoms in total. The van der Waals surface area contributed by atoms with Crippen molar-refractivity contribution in [1.29, 1.82) is 0 Å². The zero-order valence-electron chi connectivity index (χ0n) is 11.0. The molecular formula is C13H13BrF3NO3. The highest BCUT2D eigenvalue weighted by Crippen LogP contribution is 2.36. The molecule has 1 saturated carbocycles. The molecule has 1 fully saturated rings. The average molecular weight is 368 g/mol. The van der Waals surface area contributed by atoms with Gasteiger partial charge in [0.05, 0.1) is 18.9 Å². The largest absolute Gasteiger partial charge is 0.522 e. The number of hydrogen-bond donors (Lipinski definition) is 1. The fraction of sp³-hybridized carbons (Fsp3) is 0.462. The molecule has 1 aromatic rings. The van der Waals surface area contributed by atoms with Crippen LogP contribution in [0, 0.1) is 5.92 Å². The first kappa shape index (κ1) is 16.1. The van der Waals surface area contributed by atoms with Crippen LogP contribution < -0.4 is 10.1 Å². The molecule has 0 aromatic heterocycles. The normalized spacial score (nSPS) is 21.6. The predicted octanol–water partition coefficient (Wildman–Crippen LogP) is 3.71. The molecule has 0 unspecified atom stereocenters. The van der Waals surface area contributed by atoms with Crippen molar-refractivity contribution in [2.45, 2.75) is 25.3 Å². The highest BCUT2D eigenvalue weighted by Gasteiger charge is 2.42. The standard InChI is InChI=1S/C13H13BrF3NO3/c1-20-11-6-8(14)2-3-10(11)18-12(19)7-4-9(5-7)21-13(15,16)17/h2-3,6-7,9H,4-5H2,1H3,(H,18,19). The highest BCUT2D eigenvalue weighted by molar-refractivity contribution is 9.10. The lowest BCUT2D eigenvalue weighted by Gasteiger charge is -2.34. The van der Waals surface area contributed by atoms with E-state index in [4.69, 9.17) is 4.74 Å². The topological polar surface area (TPSA) is 47.6 Å². The summed E-state index contributed by atoms with van der Waals surface area (Å²) in [6, 6.07) is 5.07. The summed E-state index contributed by atoms with van der Waals surface area (Å²) in [5, 5.41) is 2.65. The summed E-state index contributed by atoms with van der Waals surface area (Å²) >= 11 is 3.28. The number of benzene rings is 1. The molecule has 1 amide bonds. The number of alkyl halides is 3. The molecule has 0 saturated heterocycles. The second-order valence-corrected chi connectivity index (χ2v) is 5.60. The summed E-state index contributed by atoms with van der Waals surface area (Å²) in [5.74, 6) is -0.344. The Labute approximate surface area is 127 Å². The number of nitrogens with one attached hydrogen (secondary N) is 1. The number of carbonyl (C=O) groups excluding carboxylic acids is 1. The third-order valence-electron chi connectivity index (χ3n) is 3.19. The Morgan fingerprint density at radius 2 is 2.05 bits per heavy atom. The van der Waals surface area contributed by atoms with Crippen molar-refractivity contribution in [1.82, 2.24) is 0 Å². The van der Waals surface area contributed by atoms with E-state index in [1.54, 1.807) is 18.2 Å². The number of rotatable bonds is 4. The molecule has 0 bridgehead atoms. The minimum absolute atomic E-state index is 0.0597. The number of anilines is 1. The van der Waals surface area contributed by atoms with Gasteiger partial charge < -0.3 is 10.1 Å². The summed E-state index contributed by atoms with van der Waals surface area (Å²) in [4.78, 5) is 11.9. The van der Waals surface area contributed by atoms with Crippen LogP contribution in [0.3, 0.4) is 0 Å². The third-order valence-corrected chi connectivity index (χ3v) is 3.68. The zero-order chi connectivity index (χ0) is 15.6. The van der Waals surface area contributed by atoms with Gasteiger partial charge in [0.1, 0.15) is 5.75 Å². The molecule has 1 aliphatic carbocycles. The van der Waals surface area contributed by atoms with Gasteiger partial charge in [-0.2, -0.15) is 0 Å². The van der Waals surface area contributed by atoms with Crippen LogP contribution in [0.1, 0.15) is 12.8 Å². The van der Waals surface area contributed by atoms with Gasteiger partial charge in [0.25, 0.3) is 0 Å². The molecule has 2 rings (SSSR count). The molecule has 1 aromatic carbocycles. The number of amides is 1. The van der Waals surface area contributed by atoms with Gasteiger partial charge in [0.2, 0.25) is 5.91 Å². The lowest BCUT2D eigenvalue weighted by Crippen LogP contribution is -2.41. The monoisotopic (exact) mass is 367 g/mol.